The number of hydrogen-bond donors (Lipinski definition) is 1. The van der Waals surface area contributed by atoms with E-state index in [0.29, 0.717) is 35.3 Å². The summed E-state index contributed by atoms with van der Waals surface area (Å²) in [6.45, 7) is 5.62. The van der Waals surface area contributed by atoms with Crippen molar-refractivity contribution in [3.63, 3.8) is 0 Å². The van der Waals surface area contributed by atoms with E-state index in [1.165, 1.54) is 69.8 Å². The number of fused-ring (bicyclic) bond motifs is 5. The van der Waals surface area contributed by atoms with Gasteiger partial charge in [-0.1, -0.05) is 38.8 Å². The zero-order valence-corrected chi connectivity index (χ0v) is 24.9. The molecule has 4 heteroatoms. The number of rotatable bonds is 9. The van der Waals surface area contributed by atoms with Crippen LogP contribution in [0.25, 0.3) is 0 Å². The number of carbonyl (C=O) groups is 1. The third-order valence-electron chi connectivity index (χ3n) is 12.7. The highest BCUT2D eigenvalue weighted by atomic mass is 16.5. The van der Waals surface area contributed by atoms with Gasteiger partial charge in [0.2, 0.25) is 0 Å². The molecule has 0 aliphatic heterocycles. The number of nitrogens with one attached hydrogen (secondary N) is 1. The second kappa shape index (κ2) is 11.5. The molecule has 0 bridgehead atoms. The Bertz CT molecular complexity index is 1000. The third-order valence-corrected chi connectivity index (χ3v) is 12.7. The second-order valence-electron chi connectivity index (χ2n) is 14.3. The lowest BCUT2D eigenvalue weighted by Crippen LogP contribution is -2.55. The van der Waals surface area contributed by atoms with E-state index in [4.69, 9.17) is 9.47 Å². The maximum Gasteiger partial charge on any atom is 0.133 e. The van der Waals surface area contributed by atoms with Crippen LogP contribution in [0.15, 0.2) is 24.3 Å². The first-order chi connectivity index (χ1) is 19.0. The van der Waals surface area contributed by atoms with Crippen molar-refractivity contribution in [1.82, 2.24) is 5.32 Å². The smallest absolute Gasteiger partial charge is 0.133 e. The Balaban J connectivity index is 1.13. The van der Waals surface area contributed by atoms with Crippen LogP contribution in [0.5, 0.6) is 5.75 Å². The molecule has 1 N–H and O–H groups in total. The zero-order chi connectivity index (χ0) is 27.0. The van der Waals surface area contributed by atoms with Gasteiger partial charge in [-0.15, -0.1) is 0 Å². The number of methoxy groups -OCH3 is 1. The Hall–Kier alpha value is -1.39. The molecular formula is C35H53NO3. The van der Waals surface area contributed by atoms with Crippen LogP contribution >= 0.6 is 0 Å². The maximum absolute atomic E-state index is 12.3. The first-order valence-corrected chi connectivity index (χ1v) is 16.5. The molecule has 216 valence electrons. The third kappa shape index (κ3) is 5.11. The summed E-state index contributed by atoms with van der Waals surface area (Å²) in [6.07, 6.45) is 18.4. The van der Waals surface area contributed by atoms with Crippen molar-refractivity contribution in [2.45, 2.75) is 128 Å². The fraction of sp³-hybridized carbons (Fsp3) is 0.800. The molecule has 1 aromatic carbocycles. The minimum absolute atomic E-state index is 0.247. The molecule has 0 saturated heterocycles. The Labute approximate surface area is 237 Å². The van der Waals surface area contributed by atoms with Crippen LogP contribution in [0.2, 0.25) is 0 Å². The number of Topliss-reactive ketones (excluding diaryl/α,β-unsaturated/α-hetero) is 1. The Morgan fingerprint density at radius 1 is 1.03 bits per heavy atom. The van der Waals surface area contributed by atoms with Crippen molar-refractivity contribution >= 4 is 5.78 Å². The molecule has 5 fully saturated rings. The van der Waals surface area contributed by atoms with Crippen molar-refractivity contribution in [3.05, 3.63) is 29.8 Å². The fourth-order valence-electron chi connectivity index (χ4n) is 10.6. The van der Waals surface area contributed by atoms with Gasteiger partial charge in [-0.3, -0.25) is 4.79 Å². The van der Waals surface area contributed by atoms with E-state index in [0.717, 1.165) is 62.2 Å². The molecule has 0 aromatic heterocycles. The first-order valence-electron chi connectivity index (χ1n) is 16.5. The molecule has 5 aliphatic carbocycles. The van der Waals surface area contributed by atoms with E-state index in [1.807, 2.05) is 7.11 Å². The van der Waals surface area contributed by atoms with Gasteiger partial charge in [-0.25, -0.2) is 0 Å². The van der Waals surface area contributed by atoms with Gasteiger partial charge in [0.1, 0.15) is 11.5 Å². The predicted molar refractivity (Wildman–Crippen MR) is 157 cm³/mol. The fourth-order valence-corrected chi connectivity index (χ4v) is 10.6. The summed E-state index contributed by atoms with van der Waals surface area (Å²) in [5.41, 5.74) is 1.98. The van der Waals surface area contributed by atoms with Crippen LogP contribution < -0.4 is 10.1 Å². The highest BCUT2D eigenvalue weighted by Crippen LogP contribution is 2.67. The molecule has 6 rings (SSSR count). The molecular weight excluding hydrogens is 482 g/mol. The molecule has 0 amide bonds. The van der Waals surface area contributed by atoms with E-state index < -0.39 is 0 Å². The molecule has 0 radical (unpaired) electrons. The monoisotopic (exact) mass is 535 g/mol. The van der Waals surface area contributed by atoms with E-state index in [1.54, 1.807) is 0 Å². The average Bonchev–Trinajstić information content (AvgIpc) is 3.60. The van der Waals surface area contributed by atoms with Gasteiger partial charge >= 0.3 is 0 Å². The molecule has 8 atom stereocenters. The van der Waals surface area contributed by atoms with Crippen molar-refractivity contribution in [2.75, 3.05) is 13.7 Å². The summed E-state index contributed by atoms with van der Waals surface area (Å²) >= 11 is 0. The number of ketones is 1. The number of carbonyl (C=O) groups excluding carboxylic acids is 1. The predicted octanol–water partition coefficient (Wildman–Crippen LogP) is 8.05. The molecule has 0 spiro atoms. The van der Waals surface area contributed by atoms with Crippen molar-refractivity contribution < 1.29 is 14.3 Å². The van der Waals surface area contributed by atoms with Crippen LogP contribution in [0.3, 0.4) is 0 Å². The summed E-state index contributed by atoms with van der Waals surface area (Å²) in [5.74, 6) is 4.48. The minimum Gasteiger partial charge on any atom is -0.494 e. The van der Waals surface area contributed by atoms with E-state index in [2.05, 4.69) is 43.4 Å². The summed E-state index contributed by atoms with van der Waals surface area (Å²) in [6, 6.07) is 9.97. The lowest BCUT2D eigenvalue weighted by Gasteiger charge is -2.60. The summed E-state index contributed by atoms with van der Waals surface area (Å²) in [4.78, 5) is 12.3. The molecule has 4 nitrogen and oxygen atoms in total. The van der Waals surface area contributed by atoms with Gasteiger partial charge in [0.25, 0.3) is 0 Å². The normalized spacial score (nSPS) is 39.2. The van der Waals surface area contributed by atoms with Crippen LogP contribution in [0.4, 0.5) is 0 Å². The number of ether oxygens (including phenoxy) is 2. The molecule has 39 heavy (non-hydrogen) atoms. The number of hydrogen-bond acceptors (Lipinski definition) is 4. The zero-order valence-electron chi connectivity index (χ0n) is 24.9. The number of benzene rings is 1. The molecule has 1 aromatic rings. The molecule has 5 aliphatic rings. The van der Waals surface area contributed by atoms with Gasteiger partial charge in [0, 0.05) is 37.5 Å². The topological polar surface area (TPSA) is 47.6 Å². The van der Waals surface area contributed by atoms with Crippen LogP contribution in [0.1, 0.15) is 122 Å². The van der Waals surface area contributed by atoms with Gasteiger partial charge in [0.15, 0.2) is 0 Å². The molecule has 0 heterocycles. The summed E-state index contributed by atoms with van der Waals surface area (Å²) < 4.78 is 12.8. The van der Waals surface area contributed by atoms with E-state index in [-0.39, 0.29) is 5.41 Å². The van der Waals surface area contributed by atoms with Gasteiger partial charge < -0.3 is 14.8 Å². The van der Waals surface area contributed by atoms with Crippen LogP contribution in [-0.2, 0) is 9.53 Å². The Morgan fingerprint density at radius 3 is 2.67 bits per heavy atom. The molecule has 5 saturated carbocycles. The van der Waals surface area contributed by atoms with Gasteiger partial charge in [-0.05, 0) is 117 Å². The van der Waals surface area contributed by atoms with Crippen molar-refractivity contribution in [1.29, 1.82) is 0 Å². The van der Waals surface area contributed by atoms with Crippen LogP contribution in [-0.4, -0.2) is 31.6 Å². The lowest BCUT2D eigenvalue weighted by molar-refractivity contribution is -0.148. The van der Waals surface area contributed by atoms with Crippen LogP contribution in [0, 0.1) is 34.5 Å². The SMILES string of the molecule is CCC(NC1CCCC1)c1cccc(OCC[C@]23CCC4C(CCC5CC(=O)CC[C@@]54C)C2CC[C@@H]3OC)c1. The maximum atomic E-state index is 12.3. The van der Waals surface area contributed by atoms with Crippen molar-refractivity contribution in [2.24, 2.45) is 34.5 Å². The summed E-state index contributed by atoms with van der Waals surface area (Å²) in [5, 5.41) is 3.92. The van der Waals surface area contributed by atoms with E-state index in [9.17, 15) is 4.79 Å². The highest BCUT2D eigenvalue weighted by Gasteiger charge is 2.61. The van der Waals surface area contributed by atoms with Gasteiger partial charge in [0.05, 0.1) is 12.7 Å². The average molecular weight is 536 g/mol. The quantitative estimate of drug-likeness (QED) is 0.347. The Kier molecular flexibility index (Phi) is 8.17. The largest absolute Gasteiger partial charge is 0.494 e. The molecule has 5 unspecified atom stereocenters. The first kappa shape index (κ1) is 27.8. The standard InChI is InChI=1S/C35H53NO3/c1-4-32(36-26-9-5-6-10-26)24-8-7-11-28(22-24)39-21-20-35-19-17-30-29(31(35)14-15-33(35)38-3)13-12-25-23-27(37)16-18-34(25,30)2/h7-8,11,22,25-26,29-33,36H,4-6,9-10,12-21,23H2,1-3H3/t25?,29?,30?,31?,32?,33-,34-,35+/m0/s1. The lowest BCUT2D eigenvalue weighted by atomic mass is 9.44. The second-order valence-corrected chi connectivity index (χ2v) is 14.3. The van der Waals surface area contributed by atoms with E-state index >= 15 is 0 Å². The van der Waals surface area contributed by atoms with Gasteiger partial charge in [-0.2, -0.15) is 0 Å². The van der Waals surface area contributed by atoms with Crippen molar-refractivity contribution in [3.8, 4) is 5.75 Å². The highest BCUT2D eigenvalue weighted by molar-refractivity contribution is 5.79. The minimum atomic E-state index is 0.247. The summed E-state index contributed by atoms with van der Waals surface area (Å²) in [7, 11) is 1.94. The Morgan fingerprint density at radius 2 is 1.87 bits per heavy atom.